The fourth-order valence-corrected chi connectivity index (χ4v) is 1.75. The third-order valence-electron chi connectivity index (χ3n) is 2.88. The molecule has 0 saturated carbocycles. The third-order valence-corrected chi connectivity index (χ3v) is 2.88. The highest BCUT2D eigenvalue weighted by Crippen LogP contribution is 2.22. The van der Waals surface area contributed by atoms with Crippen molar-refractivity contribution in [2.45, 2.75) is 39.7 Å². The molecule has 0 aliphatic carbocycles. The first-order valence-corrected chi connectivity index (χ1v) is 6.29. The lowest BCUT2D eigenvalue weighted by molar-refractivity contribution is 0.0697. The number of nitrogens with one attached hydrogen (secondary N) is 1. The summed E-state index contributed by atoms with van der Waals surface area (Å²) < 4.78 is 0. The quantitative estimate of drug-likeness (QED) is 0.678. The van der Waals surface area contributed by atoms with E-state index in [1.165, 1.54) is 6.07 Å². The van der Waals surface area contributed by atoms with Crippen molar-refractivity contribution in [2.75, 3.05) is 11.1 Å². The minimum absolute atomic E-state index is 0.216. The molecule has 4 nitrogen and oxygen atoms in total. The summed E-state index contributed by atoms with van der Waals surface area (Å²) in [4.78, 5) is 10.8. The van der Waals surface area contributed by atoms with Gasteiger partial charge in [-0.1, -0.05) is 13.8 Å². The van der Waals surface area contributed by atoms with Crippen molar-refractivity contribution < 1.29 is 9.90 Å². The van der Waals surface area contributed by atoms with E-state index in [1.54, 1.807) is 12.1 Å². The molecular weight excluding hydrogens is 228 g/mol. The molecule has 0 fully saturated rings. The zero-order chi connectivity index (χ0) is 13.7. The van der Waals surface area contributed by atoms with E-state index in [0.717, 1.165) is 18.5 Å². The highest BCUT2D eigenvalue weighted by atomic mass is 16.4. The highest BCUT2D eigenvalue weighted by molar-refractivity contribution is 5.90. The first-order chi connectivity index (χ1) is 8.40. The van der Waals surface area contributed by atoms with Crippen LogP contribution in [0.15, 0.2) is 18.2 Å². The molecule has 1 rings (SSSR count). The Morgan fingerprint density at radius 1 is 1.33 bits per heavy atom. The van der Waals surface area contributed by atoms with E-state index in [2.05, 4.69) is 26.1 Å². The molecule has 0 saturated heterocycles. The number of nitrogen functional groups attached to an aromatic ring is 1. The Labute approximate surface area is 108 Å². The van der Waals surface area contributed by atoms with Gasteiger partial charge in [-0.3, -0.25) is 0 Å². The highest BCUT2D eigenvalue weighted by Gasteiger charge is 2.09. The van der Waals surface area contributed by atoms with Crippen molar-refractivity contribution in [3.63, 3.8) is 0 Å². The molecule has 1 atom stereocenters. The second-order valence-electron chi connectivity index (χ2n) is 5.12. The van der Waals surface area contributed by atoms with Crippen molar-refractivity contribution in [1.29, 1.82) is 0 Å². The van der Waals surface area contributed by atoms with Gasteiger partial charge in [0, 0.05) is 6.04 Å². The van der Waals surface area contributed by atoms with Crippen LogP contribution in [0.5, 0.6) is 0 Å². The maximum Gasteiger partial charge on any atom is 0.335 e. The minimum atomic E-state index is -0.957. The Bertz CT molecular complexity index is 416. The summed E-state index contributed by atoms with van der Waals surface area (Å²) >= 11 is 0. The monoisotopic (exact) mass is 250 g/mol. The zero-order valence-corrected chi connectivity index (χ0v) is 11.2. The fraction of sp³-hybridized carbons (Fsp3) is 0.500. The molecule has 0 bridgehead atoms. The minimum Gasteiger partial charge on any atom is -0.478 e. The van der Waals surface area contributed by atoms with Crippen molar-refractivity contribution in [3.8, 4) is 0 Å². The summed E-state index contributed by atoms with van der Waals surface area (Å²) in [7, 11) is 0. The van der Waals surface area contributed by atoms with Gasteiger partial charge >= 0.3 is 5.97 Å². The largest absolute Gasteiger partial charge is 0.478 e. The van der Waals surface area contributed by atoms with Gasteiger partial charge in [0.1, 0.15) is 0 Å². The molecule has 0 radical (unpaired) electrons. The van der Waals surface area contributed by atoms with E-state index in [-0.39, 0.29) is 5.56 Å². The van der Waals surface area contributed by atoms with Gasteiger partial charge in [0.15, 0.2) is 0 Å². The van der Waals surface area contributed by atoms with Gasteiger partial charge in [0.25, 0.3) is 0 Å². The predicted octanol–water partition coefficient (Wildman–Crippen LogP) is 3.20. The molecule has 18 heavy (non-hydrogen) atoms. The molecule has 1 unspecified atom stereocenters. The van der Waals surface area contributed by atoms with Gasteiger partial charge in [-0.25, -0.2) is 4.79 Å². The lowest BCUT2D eigenvalue weighted by atomic mass is 10.0. The Kier molecular flexibility index (Phi) is 5.01. The van der Waals surface area contributed by atoms with Gasteiger partial charge in [-0.05, 0) is 43.9 Å². The number of anilines is 2. The normalized spacial score (nSPS) is 12.4. The number of aromatic carboxylic acids is 1. The van der Waals surface area contributed by atoms with E-state index in [1.807, 2.05) is 0 Å². The SMILES string of the molecule is CC(C)CCC(C)Nc1ccc(C(=O)O)cc1N. The molecule has 0 amide bonds. The van der Waals surface area contributed by atoms with Crippen molar-refractivity contribution in [3.05, 3.63) is 23.8 Å². The summed E-state index contributed by atoms with van der Waals surface area (Å²) in [6.07, 6.45) is 2.22. The summed E-state index contributed by atoms with van der Waals surface area (Å²) in [6, 6.07) is 5.10. The Morgan fingerprint density at radius 3 is 2.50 bits per heavy atom. The third kappa shape index (κ3) is 4.28. The molecular formula is C14H22N2O2. The first kappa shape index (κ1) is 14.4. The van der Waals surface area contributed by atoms with Crippen LogP contribution in [0.2, 0.25) is 0 Å². The van der Waals surface area contributed by atoms with Gasteiger partial charge in [0.2, 0.25) is 0 Å². The van der Waals surface area contributed by atoms with Crippen LogP contribution in [-0.2, 0) is 0 Å². The maximum absolute atomic E-state index is 10.8. The smallest absolute Gasteiger partial charge is 0.335 e. The van der Waals surface area contributed by atoms with Gasteiger partial charge in [-0.15, -0.1) is 0 Å². The average molecular weight is 250 g/mol. The predicted molar refractivity (Wildman–Crippen MR) is 75.0 cm³/mol. The van der Waals surface area contributed by atoms with Crippen LogP contribution in [0, 0.1) is 5.92 Å². The molecule has 4 heteroatoms. The molecule has 0 aliphatic rings. The van der Waals surface area contributed by atoms with Crippen LogP contribution >= 0.6 is 0 Å². The van der Waals surface area contributed by atoms with Gasteiger partial charge < -0.3 is 16.2 Å². The Morgan fingerprint density at radius 2 is 2.00 bits per heavy atom. The lowest BCUT2D eigenvalue weighted by Gasteiger charge is -2.18. The number of carboxylic acid groups (broad SMARTS) is 1. The average Bonchev–Trinajstić information content (AvgIpc) is 2.29. The summed E-state index contributed by atoms with van der Waals surface area (Å²) in [5.41, 5.74) is 7.33. The number of carboxylic acids is 1. The molecule has 0 spiro atoms. The van der Waals surface area contributed by atoms with Crippen LogP contribution in [0.4, 0.5) is 11.4 Å². The van der Waals surface area contributed by atoms with Crippen LogP contribution in [0.1, 0.15) is 44.0 Å². The van der Waals surface area contributed by atoms with Gasteiger partial charge in [0.05, 0.1) is 16.9 Å². The molecule has 0 heterocycles. The Balaban J connectivity index is 2.64. The lowest BCUT2D eigenvalue weighted by Crippen LogP contribution is -2.17. The number of benzene rings is 1. The number of rotatable bonds is 6. The second-order valence-corrected chi connectivity index (χ2v) is 5.12. The molecule has 1 aromatic rings. The fourth-order valence-electron chi connectivity index (χ4n) is 1.75. The number of hydrogen-bond acceptors (Lipinski definition) is 3. The van der Waals surface area contributed by atoms with Crippen molar-refractivity contribution in [1.82, 2.24) is 0 Å². The van der Waals surface area contributed by atoms with Gasteiger partial charge in [-0.2, -0.15) is 0 Å². The van der Waals surface area contributed by atoms with E-state index < -0.39 is 5.97 Å². The van der Waals surface area contributed by atoms with Crippen LogP contribution in [0.3, 0.4) is 0 Å². The van der Waals surface area contributed by atoms with Crippen LogP contribution in [0.25, 0.3) is 0 Å². The topological polar surface area (TPSA) is 75.3 Å². The summed E-state index contributed by atoms with van der Waals surface area (Å²) in [5, 5.41) is 12.2. The second kappa shape index (κ2) is 6.28. The van der Waals surface area contributed by atoms with E-state index in [0.29, 0.717) is 17.6 Å². The Hall–Kier alpha value is -1.71. The standard InChI is InChI=1S/C14H22N2O2/c1-9(2)4-5-10(3)16-13-7-6-11(14(17)18)8-12(13)15/h6-10,16H,4-5,15H2,1-3H3,(H,17,18). The molecule has 0 aromatic heterocycles. The zero-order valence-electron chi connectivity index (χ0n) is 11.2. The summed E-state index contributed by atoms with van der Waals surface area (Å²) in [6.45, 7) is 6.50. The molecule has 1 aromatic carbocycles. The van der Waals surface area contributed by atoms with E-state index in [9.17, 15) is 4.79 Å². The molecule has 4 N–H and O–H groups in total. The summed E-state index contributed by atoms with van der Waals surface area (Å²) in [5.74, 6) is -0.276. The van der Waals surface area contributed by atoms with E-state index >= 15 is 0 Å². The maximum atomic E-state index is 10.8. The number of nitrogens with two attached hydrogens (primary N) is 1. The van der Waals surface area contributed by atoms with Crippen molar-refractivity contribution >= 4 is 17.3 Å². The van der Waals surface area contributed by atoms with Crippen LogP contribution < -0.4 is 11.1 Å². The molecule has 0 aliphatic heterocycles. The number of hydrogen-bond donors (Lipinski definition) is 3. The van der Waals surface area contributed by atoms with E-state index in [4.69, 9.17) is 10.8 Å². The first-order valence-electron chi connectivity index (χ1n) is 6.29. The van der Waals surface area contributed by atoms with Crippen LogP contribution in [-0.4, -0.2) is 17.1 Å². The number of carbonyl (C=O) groups is 1. The molecule has 100 valence electrons. The van der Waals surface area contributed by atoms with Crippen molar-refractivity contribution in [2.24, 2.45) is 5.92 Å².